The molecule has 4 aliphatic rings. The van der Waals surface area contributed by atoms with Crippen molar-refractivity contribution in [3.8, 4) is 11.8 Å². The number of rotatable bonds is 0. The van der Waals surface area contributed by atoms with Gasteiger partial charge in [0.1, 0.15) is 0 Å². The van der Waals surface area contributed by atoms with E-state index in [9.17, 15) is 4.79 Å². The van der Waals surface area contributed by atoms with E-state index in [4.69, 9.17) is 0 Å². The lowest BCUT2D eigenvalue weighted by Gasteiger charge is -2.55. The van der Waals surface area contributed by atoms with Crippen LogP contribution in [0.2, 0.25) is 0 Å². The van der Waals surface area contributed by atoms with E-state index < -0.39 is 0 Å². The molecule has 0 spiro atoms. The Kier molecular flexibility index (Phi) is 3.56. The third kappa shape index (κ3) is 2.18. The number of allylic oxidation sites excluding steroid dienone is 4. The van der Waals surface area contributed by atoms with E-state index >= 15 is 0 Å². The summed E-state index contributed by atoms with van der Waals surface area (Å²) < 4.78 is 0. The molecule has 1 nitrogen and oxygen atoms in total. The van der Waals surface area contributed by atoms with E-state index in [-0.39, 0.29) is 0 Å². The van der Waals surface area contributed by atoms with Crippen molar-refractivity contribution in [2.45, 2.75) is 59.3 Å². The Morgan fingerprint density at radius 3 is 2.91 bits per heavy atom. The van der Waals surface area contributed by atoms with Gasteiger partial charge in [-0.25, -0.2) is 0 Å². The maximum Gasteiger partial charge on any atom is 0.155 e. The molecule has 3 unspecified atom stereocenters. The summed E-state index contributed by atoms with van der Waals surface area (Å²) in [5, 5.41) is 0. The summed E-state index contributed by atoms with van der Waals surface area (Å²) in [6.45, 7) is 6.87. The number of fused-ring (bicyclic) bond motifs is 5. The second-order valence-corrected chi connectivity index (χ2v) is 8.54. The van der Waals surface area contributed by atoms with Crippen molar-refractivity contribution in [2.75, 3.05) is 0 Å². The highest BCUT2D eigenvalue weighted by atomic mass is 16.1. The number of carbonyl (C=O) groups is 1. The Balaban J connectivity index is 1.67. The Labute approximate surface area is 140 Å². The SMILES string of the molecule is CC#CC1=CCC2C3C(CC[C@]12C)[C@H]1CCC(=O)C=C1C[C@H]3C. The zero-order valence-electron chi connectivity index (χ0n) is 14.7. The van der Waals surface area contributed by atoms with E-state index in [0.29, 0.717) is 23.0 Å². The van der Waals surface area contributed by atoms with Gasteiger partial charge in [0, 0.05) is 17.4 Å². The van der Waals surface area contributed by atoms with Gasteiger partial charge >= 0.3 is 0 Å². The second-order valence-electron chi connectivity index (χ2n) is 8.54. The minimum absolute atomic E-state index is 0.310. The normalized spacial score (nSPS) is 45.0. The maximum absolute atomic E-state index is 11.8. The van der Waals surface area contributed by atoms with Crippen molar-refractivity contribution in [1.82, 2.24) is 0 Å². The van der Waals surface area contributed by atoms with Crippen LogP contribution in [-0.4, -0.2) is 5.78 Å². The van der Waals surface area contributed by atoms with E-state index in [0.717, 1.165) is 37.0 Å². The quantitative estimate of drug-likeness (QED) is 0.580. The molecule has 0 aromatic carbocycles. The summed E-state index contributed by atoms with van der Waals surface area (Å²) in [5.41, 5.74) is 3.21. The standard InChI is InChI=1S/C22H28O/c1-4-5-16-6-9-20-21-14(2)12-15-13-17(23)7-8-18(15)19(21)10-11-22(16,20)3/h6,13-14,18-21H,7-12H2,1-3H3/t14-,18+,19?,20?,21?,22-/m1/s1. The van der Waals surface area contributed by atoms with Crippen LogP contribution < -0.4 is 0 Å². The van der Waals surface area contributed by atoms with E-state index in [1.807, 2.05) is 13.0 Å². The molecule has 4 rings (SSSR count). The van der Waals surface area contributed by atoms with Crippen molar-refractivity contribution < 1.29 is 4.79 Å². The monoisotopic (exact) mass is 308 g/mol. The Bertz CT molecular complexity index is 655. The molecule has 0 saturated heterocycles. The van der Waals surface area contributed by atoms with Crippen LogP contribution in [0.4, 0.5) is 0 Å². The zero-order chi connectivity index (χ0) is 16.2. The summed E-state index contributed by atoms with van der Waals surface area (Å²) in [6, 6.07) is 0. The molecule has 2 fully saturated rings. The van der Waals surface area contributed by atoms with Gasteiger partial charge in [0.15, 0.2) is 5.78 Å². The van der Waals surface area contributed by atoms with Gasteiger partial charge < -0.3 is 0 Å². The van der Waals surface area contributed by atoms with Gasteiger partial charge in [-0.1, -0.05) is 31.4 Å². The lowest BCUT2D eigenvalue weighted by atomic mass is 9.49. The van der Waals surface area contributed by atoms with Crippen LogP contribution in [0.15, 0.2) is 23.3 Å². The molecule has 23 heavy (non-hydrogen) atoms. The predicted octanol–water partition coefficient (Wildman–Crippen LogP) is 4.93. The third-order valence-corrected chi connectivity index (χ3v) is 7.48. The molecular weight excluding hydrogens is 280 g/mol. The minimum Gasteiger partial charge on any atom is -0.295 e. The van der Waals surface area contributed by atoms with Gasteiger partial charge in [0.05, 0.1) is 0 Å². The fourth-order valence-electron chi connectivity index (χ4n) is 6.49. The van der Waals surface area contributed by atoms with Crippen molar-refractivity contribution in [3.05, 3.63) is 23.3 Å². The van der Waals surface area contributed by atoms with Gasteiger partial charge in [-0.3, -0.25) is 4.79 Å². The van der Waals surface area contributed by atoms with Crippen LogP contribution in [0.1, 0.15) is 59.3 Å². The molecule has 2 saturated carbocycles. The number of hydrogen-bond acceptors (Lipinski definition) is 1. The number of ketones is 1. The summed E-state index contributed by atoms with van der Waals surface area (Å²) in [5.74, 6) is 10.7. The number of hydrogen-bond donors (Lipinski definition) is 0. The van der Waals surface area contributed by atoms with Gasteiger partial charge in [0.25, 0.3) is 0 Å². The molecule has 0 amide bonds. The first-order chi connectivity index (χ1) is 11.0. The first-order valence-corrected chi connectivity index (χ1v) is 9.41. The first-order valence-electron chi connectivity index (χ1n) is 9.41. The van der Waals surface area contributed by atoms with Crippen LogP contribution in [0.5, 0.6) is 0 Å². The van der Waals surface area contributed by atoms with E-state index in [1.165, 1.54) is 30.4 Å². The van der Waals surface area contributed by atoms with Crippen LogP contribution in [0.3, 0.4) is 0 Å². The zero-order valence-corrected chi connectivity index (χ0v) is 14.7. The molecule has 0 bridgehead atoms. The smallest absolute Gasteiger partial charge is 0.155 e. The molecule has 6 atom stereocenters. The molecule has 4 aliphatic carbocycles. The lowest BCUT2D eigenvalue weighted by molar-refractivity contribution is -0.116. The molecule has 1 heteroatoms. The third-order valence-electron chi connectivity index (χ3n) is 7.48. The van der Waals surface area contributed by atoms with Crippen LogP contribution in [0.25, 0.3) is 0 Å². The topological polar surface area (TPSA) is 17.1 Å². The first kappa shape index (κ1) is 15.3. The highest BCUT2D eigenvalue weighted by Gasteiger charge is 2.55. The summed E-state index contributed by atoms with van der Waals surface area (Å²) >= 11 is 0. The average molecular weight is 308 g/mol. The molecule has 0 N–H and O–H groups in total. The van der Waals surface area contributed by atoms with Crippen molar-refractivity contribution in [2.24, 2.45) is 35.0 Å². The Hall–Kier alpha value is -1.29. The molecule has 0 aromatic rings. The summed E-state index contributed by atoms with van der Waals surface area (Å²) in [7, 11) is 0. The average Bonchev–Trinajstić information content (AvgIpc) is 2.84. The highest BCUT2D eigenvalue weighted by molar-refractivity contribution is 5.91. The molecule has 0 aromatic heterocycles. The molecule has 0 heterocycles. The molecule has 122 valence electrons. The maximum atomic E-state index is 11.8. The summed E-state index contributed by atoms with van der Waals surface area (Å²) in [4.78, 5) is 11.8. The fourth-order valence-corrected chi connectivity index (χ4v) is 6.49. The van der Waals surface area contributed by atoms with E-state index in [2.05, 4.69) is 31.8 Å². The van der Waals surface area contributed by atoms with Gasteiger partial charge in [-0.05, 0) is 74.7 Å². The van der Waals surface area contributed by atoms with Crippen LogP contribution in [-0.2, 0) is 4.79 Å². The Morgan fingerprint density at radius 1 is 1.30 bits per heavy atom. The molecule has 0 radical (unpaired) electrons. The van der Waals surface area contributed by atoms with Gasteiger partial charge in [-0.2, -0.15) is 0 Å². The summed E-state index contributed by atoms with van der Waals surface area (Å²) in [6.07, 6.45) is 11.3. The van der Waals surface area contributed by atoms with Gasteiger partial charge in [-0.15, -0.1) is 5.92 Å². The van der Waals surface area contributed by atoms with Crippen molar-refractivity contribution in [1.29, 1.82) is 0 Å². The lowest BCUT2D eigenvalue weighted by Crippen LogP contribution is -2.48. The molecular formula is C22H28O. The predicted molar refractivity (Wildman–Crippen MR) is 93.6 cm³/mol. The highest BCUT2D eigenvalue weighted by Crippen LogP contribution is 2.63. The van der Waals surface area contributed by atoms with E-state index in [1.54, 1.807) is 0 Å². The van der Waals surface area contributed by atoms with Gasteiger partial charge in [0.2, 0.25) is 0 Å². The molecule has 0 aliphatic heterocycles. The number of carbonyl (C=O) groups excluding carboxylic acids is 1. The second kappa shape index (κ2) is 5.37. The van der Waals surface area contributed by atoms with Crippen molar-refractivity contribution >= 4 is 5.78 Å². The minimum atomic E-state index is 0.310. The Morgan fingerprint density at radius 2 is 2.13 bits per heavy atom. The fraction of sp³-hybridized carbons (Fsp3) is 0.682. The van der Waals surface area contributed by atoms with Crippen LogP contribution in [0, 0.1) is 46.8 Å². The largest absolute Gasteiger partial charge is 0.295 e. The van der Waals surface area contributed by atoms with Crippen molar-refractivity contribution in [3.63, 3.8) is 0 Å². The van der Waals surface area contributed by atoms with Crippen LogP contribution >= 0.6 is 0 Å².